The van der Waals surface area contributed by atoms with Crippen molar-refractivity contribution in [3.63, 3.8) is 0 Å². The van der Waals surface area contributed by atoms with Gasteiger partial charge < -0.3 is 10.1 Å². The lowest BCUT2D eigenvalue weighted by molar-refractivity contribution is -0.142. The van der Waals surface area contributed by atoms with Crippen molar-refractivity contribution in [2.45, 2.75) is 13.3 Å². The predicted molar refractivity (Wildman–Crippen MR) is 102 cm³/mol. The molecule has 0 radical (unpaired) electrons. The van der Waals surface area contributed by atoms with E-state index in [0.717, 1.165) is 10.0 Å². The number of fused-ring (bicyclic) bond motifs is 1. The molecule has 0 saturated heterocycles. The summed E-state index contributed by atoms with van der Waals surface area (Å²) in [7, 11) is 0. The van der Waals surface area contributed by atoms with Gasteiger partial charge in [-0.1, -0.05) is 28.1 Å². The third-order valence-corrected chi connectivity index (χ3v) is 4.22. The quantitative estimate of drug-likeness (QED) is 0.595. The maximum atomic E-state index is 13.7. The standard InChI is InChI=1S/C19H17BrFN3O2/c1-2-26-17(25)9-10-22-19-15-11-14(21)7-8-16(15)23-18(24-19)12-3-5-13(20)6-4-12/h3-8,11H,2,9-10H2,1H3,(H,22,23,24). The van der Waals surface area contributed by atoms with Crippen LogP contribution in [0.4, 0.5) is 10.2 Å². The molecule has 3 aromatic rings. The number of halogens is 2. The van der Waals surface area contributed by atoms with Crippen molar-refractivity contribution >= 4 is 38.6 Å². The minimum atomic E-state index is -0.370. The van der Waals surface area contributed by atoms with Gasteiger partial charge >= 0.3 is 5.97 Å². The Morgan fingerprint density at radius 2 is 1.96 bits per heavy atom. The summed E-state index contributed by atoms with van der Waals surface area (Å²) in [5.41, 5.74) is 1.46. The molecule has 0 fully saturated rings. The SMILES string of the molecule is CCOC(=O)CCNc1nc(-c2ccc(Br)cc2)nc2ccc(F)cc12. The van der Waals surface area contributed by atoms with E-state index in [-0.39, 0.29) is 18.2 Å². The van der Waals surface area contributed by atoms with Crippen LogP contribution in [-0.4, -0.2) is 29.1 Å². The molecule has 0 saturated carbocycles. The number of aromatic nitrogens is 2. The van der Waals surface area contributed by atoms with Crippen molar-refractivity contribution in [2.75, 3.05) is 18.5 Å². The lowest BCUT2D eigenvalue weighted by atomic mass is 10.2. The molecule has 0 spiro atoms. The molecule has 0 aliphatic heterocycles. The van der Waals surface area contributed by atoms with Crippen LogP contribution < -0.4 is 5.32 Å². The molecule has 26 heavy (non-hydrogen) atoms. The molecule has 5 nitrogen and oxygen atoms in total. The molecule has 3 rings (SSSR count). The lowest BCUT2D eigenvalue weighted by Crippen LogP contribution is -2.12. The maximum Gasteiger partial charge on any atom is 0.307 e. The molecule has 1 N–H and O–H groups in total. The van der Waals surface area contributed by atoms with E-state index in [1.165, 1.54) is 12.1 Å². The van der Waals surface area contributed by atoms with Crippen LogP contribution in [0, 0.1) is 5.82 Å². The van der Waals surface area contributed by atoms with Gasteiger partial charge in [-0.2, -0.15) is 0 Å². The molecule has 0 amide bonds. The molecule has 0 unspecified atom stereocenters. The molecule has 0 aliphatic carbocycles. The van der Waals surface area contributed by atoms with Gasteiger partial charge in [0.2, 0.25) is 0 Å². The van der Waals surface area contributed by atoms with Crippen LogP contribution in [0.1, 0.15) is 13.3 Å². The van der Waals surface area contributed by atoms with Crippen LogP contribution >= 0.6 is 15.9 Å². The summed E-state index contributed by atoms with van der Waals surface area (Å²) in [6.07, 6.45) is 0.197. The van der Waals surface area contributed by atoms with Crippen molar-refractivity contribution in [3.05, 3.63) is 52.8 Å². The zero-order valence-electron chi connectivity index (χ0n) is 14.1. The van der Waals surface area contributed by atoms with Gasteiger partial charge in [-0.3, -0.25) is 4.79 Å². The van der Waals surface area contributed by atoms with E-state index in [4.69, 9.17) is 4.74 Å². The maximum absolute atomic E-state index is 13.7. The molecule has 0 atom stereocenters. The number of carbonyl (C=O) groups is 1. The highest BCUT2D eigenvalue weighted by molar-refractivity contribution is 9.10. The van der Waals surface area contributed by atoms with Crippen molar-refractivity contribution in [2.24, 2.45) is 0 Å². The first-order valence-electron chi connectivity index (χ1n) is 8.19. The van der Waals surface area contributed by atoms with Gasteiger partial charge in [0.1, 0.15) is 11.6 Å². The fourth-order valence-corrected chi connectivity index (χ4v) is 2.74. The largest absolute Gasteiger partial charge is 0.466 e. The van der Waals surface area contributed by atoms with Crippen molar-refractivity contribution in [1.29, 1.82) is 0 Å². The fraction of sp³-hybridized carbons (Fsp3) is 0.211. The van der Waals surface area contributed by atoms with Crippen LogP contribution in [0.3, 0.4) is 0 Å². The Bertz CT molecular complexity index is 932. The predicted octanol–water partition coefficient (Wildman–Crippen LogP) is 4.56. The fourth-order valence-electron chi connectivity index (χ4n) is 2.48. The molecular weight excluding hydrogens is 401 g/mol. The summed E-state index contributed by atoms with van der Waals surface area (Å²) in [6.45, 7) is 2.44. The Balaban J connectivity index is 1.94. The Hall–Kier alpha value is -2.54. The number of rotatable bonds is 6. The van der Waals surface area contributed by atoms with Crippen molar-refractivity contribution in [1.82, 2.24) is 9.97 Å². The van der Waals surface area contributed by atoms with E-state index in [0.29, 0.717) is 35.7 Å². The highest BCUT2D eigenvalue weighted by Gasteiger charge is 2.11. The van der Waals surface area contributed by atoms with Crippen molar-refractivity contribution in [3.8, 4) is 11.4 Å². The van der Waals surface area contributed by atoms with Crippen LogP contribution in [-0.2, 0) is 9.53 Å². The Morgan fingerprint density at radius 1 is 1.19 bits per heavy atom. The zero-order chi connectivity index (χ0) is 18.5. The number of benzene rings is 2. The normalized spacial score (nSPS) is 10.7. The van der Waals surface area contributed by atoms with E-state index in [1.807, 2.05) is 24.3 Å². The Morgan fingerprint density at radius 3 is 2.69 bits per heavy atom. The van der Waals surface area contributed by atoms with Crippen LogP contribution in [0.25, 0.3) is 22.3 Å². The molecular formula is C19H17BrFN3O2. The number of hydrogen-bond acceptors (Lipinski definition) is 5. The Kier molecular flexibility index (Phi) is 5.78. The smallest absolute Gasteiger partial charge is 0.307 e. The first-order chi connectivity index (χ1) is 12.6. The molecule has 2 aromatic carbocycles. The van der Waals surface area contributed by atoms with E-state index < -0.39 is 0 Å². The van der Waals surface area contributed by atoms with Gasteiger partial charge in [-0.05, 0) is 37.3 Å². The lowest BCUT2D eigenvalue weighted by Gasteiger charge is -2.11. The van der Waals surface area contributed by atoms with Gasteiger partial charge in [0.15, 0.2) is 5.82 Å². The zero-order valence-corrected chi connectivity index (χ0v) is 15.7. The summed E-state index contributed by atoms with van der Waals surface area (Å²) in [5, 5.41) is 3.66. The second-order valence-electron chi connectivity index (χ2n) is 5.55. The second-order valence-corrected chi connectivity index (χ2v) is 6.46. The minimum absolute atomic E-state index is 0.197. The highest BCUT2D eigenvalue weighted by Crippen LogP contribution is 2.26. The number of carbonyl (C=O) groups excluding carboxylic acids is 1. The van der Waals surface area contributed by atoms with Crippen LogP contribution in [0.2, 0.25) is 0 Å². The van der Waals surface area contributed by atoms with Crippen molar-refractivity contribution < 1.29 is 13.9 Å². The number of esters is 1. The molecule has 0 aliphatic rings. The van der Waals surface area contributed by atoms with Gasteiger partial charge in [0, 0.05) is 22.0 Å². The summed E-state index contributed by atoms with van der Waals surface area (Å²) < 4.78 is 19.5. The van der Waals surface area contributed by atoms with Crippen LogP contribution in [0.15, 0.2) is 46.9 Å². The minimum Gasteiger partial charge on any atom is -0.466 e. The topological polar surface area (TPSA) is 64.1 Å². The van der Waals surface area contributed by atoms with Gasteiger partial charge in [-0.15, -0.1) is 0 Å². The average Bonchev–Trinajstić information content (AvgIpc) is 2.62. The first kappa shape index (κ1) is 18.3. The summed E-state index contributed by atoms with van der Waals surface area (Å²) in [6, 6.07) is 12.0. The van der Waals surface area contributed by atoms with E-state index in [2.05, 4.69) is 31.2 Å². The number of hydrogen-bond donors (Lipinski definition) is 1. The van der Waals surface area contributed by atoms with Crippen LogP contribution in [0.5, 0.6) is 0 Å². The molecule has 0 bridgehead atoms. The van der Waals surface area contributed by atoms with E-state index in [1.54, 1.807) is 13.0 Å². The third-order valence-electron chi connectivity index (χ3n) is 3.69. The summed E-state index contributed by atoms with van der Waals surface area (Å²) >= 11 is 3.40. The van der Waals surface area contributed by atoms with E-state index >= 15 is 0 Å². The van der Waals surface area contributed by atoms with E-state index in [9.17, 15) is 9.18 Å². The molecule has 1 aromatic heterocycles. The summed E-state index contributed by atoms with van der Waals surface area (Å²) in [4.78, 5) is 20.6. The van der Waals surface area contributed by atoms with Gasteiger partial charge in [0.05, 0.1) is 18.5 Å². The number of nitrogens with one attached hydrogen (secondary N) is 1. The average molecular weight is 418 g/mol. The second kappa shape index (κ2) is 8.23. The number of nitrogens with zero attached hydrogens (tertiary/aromatic N) is 2. The Labute approximate surface area is 158 Å². The molecule has 7 heteroatoms. The first-order valence-corrected chi connectivity index (χ1v) is 8.99. The van der Waals surface area contributed by atoms with Gasteiger partial charge in [-0.25, -0.2) is 14.4 Å². The third kappa shape index (κ3) is 4.35. The monoisotopic (exact) mass is 417 g/mol. The molecule has 134 valence electrons. The number of ether oxygens (including phenoxy) is 1. The van der Waals surface area contributed by atoms with Gasteiger partial charge in [0.25, 0.3) is 0 Å². The molecule has 1 heterocycles. The highest BCUT2D eigenvalue weighted by atomic mass is 79.9. The summed E-state index contributed by atoms with van der Waals surface area (Å²) in [5.74, 6) is 0.343. The number of anilines is 1.